The van der Waals surface area contributed by atoms with Crippen LogP contribution in [-0.4, -0.2) is 23.9 Å². The standard InChI is InChI=1S/C16H25N3O2/c1-6-17-16(4,5)15(21)19-13-9-7-12(8-10-13)18-14(20)11(2)3/h7-11,17H,6H2,1-5H3,(H,18,20)(H,19,21). The van der Waals surface area contributed by atoms with E-state index in [1.54, 1.807) is 24.3 Å². The first-order valence-electron chi connectivity index (χ1n) is 7.23. The molecule has 116 valence electrons. The third kappa shape index (κ3) is 5.19. The van der Waals surface area contributed by atoms with Crippen LogP contribution in [-0.2, 0) is 9.59 Å². The van der Waals surface area contributed by atoms with E-state index in [1.165, 1.54) is 0 Å². The second-order valence-corrected chi connectivity index (χ2v) is 5.83. The Morgan fingerprint density at radius 3 is 1.95 bits per heavy atom. The van der Waals surface area contributed by atoms with E-state index in [9.17, 15) is 9.59 Å². The molecule has 0 heterocycles. The molecule has 0 aliphatic carbocycles. The van der Waals surface area contributed by atoms with Gasteiger partial charge >= 0.3 is 0 Å². The lowest BCUT2D eigenvalue weighted by Crippen LogP contribution is -2.49. The topological polar surface area (TPSA) is 70.2 Å². The van der Waals surface area contributed by atoms with E-state index >= 15 is 0 Å². The number of hydrogen-bond donors (Lipinski definition) is 3. The first-order chi connectivity index (χ1) is 9.76. The SMILES string of the molecule is CCNC(C)(C)C(=O)Nc1ccc(NC(=O)C(C)C)cc1. The highest BCUT2D eigenvalue weighted by Crippen LogP contribution is 2.16. The summed E-state index contributed by atoms with van der Waals surface area (Å²) in [4.78, 5) is 23.7. The maximum atomic E-state index is 12.1. The van der Waals surface area contributed by atoms with E-state index in [4.69, 9.17) is 0 Å². The Hall–Kier alpha value is -1.88. The van der Waals surface area contributed by atoms with Gasteiger partial charge in [0.1, 0.15) is 0 Å². The Balaban J connectivity index is 2.67. The van der Waals surface area contributed by atoms with E-state index in [0.29, 0.717) is 5.69 Å². The lowest BCUT2D eigenvalue weighted by Gasteiger charge is -2.24. The normalized spacial score (nSPS) is 11.3. The van der Waals surface area contributed by atoms with Crippen LogP contribution >= 0.6 is 0 Å². The predicted molar refractivity (Wildman–Crippen MR) is 86.3 cm³/mol. The second kappa shape index (κ2) is 7.22. The maximum absolute atomic E-state index is 12.1. The van der Waals surface area contributed by atoms with Crippen molar-refractivity contribution in [2.45, 2.75) is 40.2 Å². The fourth-order valence-corrected chi connectivity index (χ4v) is 1.73. The van der Waals surface area contributed by atoms with Crippen molar-refractivity contribution in [3.63, 3.8) is 0 Å². The van der Waals surface area contributed by atoms with Crippen LogP contribution in [0.25, 0.3) is 0 Å². The van der Waals surface area contributed by atoms with Gasteiger partial charge in [-0.05, 0) is 44.7 Å². The molecule has 21 heavy (non-hydrogen) atoms. The Morgan fingerprint density at radius 1 is 1.05 bits per heavy atom. The molecular formula is C16H25N3O2. The molecule has 0 radical (unpaired) electrons. The lowest BCUT2D eigenvalue weighted by molar-refractivity contribution is -0.121. The molecule has 0 bridgehead atoms. The van der Waals surface area contributed by atoms with Crippen molar-refractivity contribution < 1.29 is 9.59 Å². The molecule has 0 atom stereocenters. The fraction of sp³-hybridized carbons (Fsp3) is 0.500. The molecule has 1 aromatic rings. The summed E-state index contributed by atoms with van der Waals surface area (Å²) in [7, 11) is 0. The Bertz CT molecular complexity index is 493. The van der Waals surface area contributed by atoms with Gasteiger partial charge in [0.05, 0.1) is 5.54 Å². The van der Waals surface area contributed by atoms with Crippen molar-refractivity contribution in [3.05, 3.63) is 24.3 Å². The molecule has 2 amide bonds. The summed E-state index contributed by atoms with van der Waals surface area (Å²) in [6, 6.07) is 7.10. The fourth-order valence-electron chi connectivity index (χ4n) is 1.73. The molecule has 0 saturated heterocycles. The first kappa shape index (κ1) is 17.2. The summed E-state index contributed by atoms with van der Waals surface area (Å²) < 4.78 is 0. The van der Waals surface area contributed by atoms with Crippen molar-refractivity contribution in [1.82, 2.24) is 5.32 Å². The summed E-state index contributed by atoms with van der Waals surface area (Å²) in [5, 5.41) is 8.79. The molecule has 0 fully saturated rings. The Morgan fingerprint density at radius 2 is 1.52 bits per heavy atom. The van der Waals surface area contributed by atoms with Gasteiger partial charge in [-0.3, -0.25) is 9.59 Å². The monoisotopic (exact) mass is 291 g/mol. The zero-order valence-electron chi connectivity index (χ0n) is 13.4. The summed E-state index contributed by atoms with van der Waals surface area (Å²) >= 11 is 0. The molecule has 0 spiro atoms. The van der Waals surface area contributed by atoms with Crippen LogP contribution in [0, 0.1) is 5.92 Å². The van der Waals surface area contributed by atoms with Gasteiger partial charge in [-0.2, -0.15) is 0 Å². The maximum Gasteiger partial charge on any atom is 0.244 e. The molecule has 0 saturated carbocycles. The van der Waals surface area contributed by atoms with Crippen LogP contribution < -0.4 is 16.0 Å². The second-order valence-electron chi connectivity index (χ2n) is 5.83. The quantitative estimate of drug-likeness (QED) is 0.754. The zero-order chi connectivity index (χ0) is 16.0. The van der Waals surface area contributed by atoms with E-state index in [0.717, 1.165) is 12.2 Å². The van der Waals surface area contributed by atoms with Crippen molar-refractivity contribution in [2.75, 3.05) is 17.2 Å². The Labute approximate surface area is 126 Å². The van der Waals surface area contributed by atoms with Crippen LogP contribution in [0.4, 0.5) is 11.4 Å². The van der Waals surface area contributed by atoms with Gasteiger partial charge in [0, 0.05) is 17.3 Å². The van der Waals surface area contributed by atoms with Crippen LogP contribution in [0.5, 0.6) is 0 Å². The molecule has 0 unspecified atom stereocenters. The number of rotatable bonds is 6. The highest BCUT2D eigenvalue weighted by atomic mass is 16.2. The number of nitrogens with one attached hydrogen (secondary N) is 3. The van der Waals surface area contributed by atoms with E-state index in [2.05, 4.69) is 16.0 Å². The number of hydrogen-bond acceptors (Lipinski definition) is 3. The van der Waals surface area contributed by atoms with E-state index < -0.39 is 5.54 Å². The minimum absolute atomic E-state index is 0.0277. The van der Waals surface area contributed by atoms with Crippen molar-refractivity contribution in [1.29, 1.82) is 0 Å². The number of carbonyl (C=O) groups excluding carboxylic acids is 2. The van der Waals surface area contributed by atoms with Crippen LogP contribution in [0.2, 0.25) is 0 Å². The Kier molecular flexibility index (Phi) is 5.90. The first-order valence-corrected chi connectivity index (χ1v) is 7.23. The number of anilines is 2. The molecular weight excluding hydrogens is 266 g/mol. The van der Waals surface area contributed by atoms with Crippen LogP contribution in [0.15, 0.2) is 24.3 Å². The minimum Gasteiger partial charge on any atom is -0.326 e. The van der Waals surface area contributed by atoms with Gasteiger partial charge in [-0.25, -0.2) is 0 Å². The minimum atomic E-state index is -0.626. The van der Waals surface area contributed by atoms with Crippen LogP contribution in [0.3, 0.4) is 0 Å². The molecule has 0 aliphatic heterocycles. The summed E-state index contributed by atoms with van der Waals surface area (Å²) in [5.74, 6) is -0.186. The third-order valence-electron chi connectivity index (χ3n) is 3.12. The van der Waals surface area contributed by atoms with Crippen molar-refractivity contribution >= 4 is 23.2 Å². The third-order valence-corrected chi connectivity index (χ3v) is 3.12. The smallest absolute Gasteiger partial charge is 0.244 e. The van der Waals surface area contributed by atoms with Gasteiger partial charge in [-0.15, -0.1) is 0 Å². The largest absolute Gasteiger partial charge is 0.326 e. The highest BCUT2D eigenvalue weighted by molar-refractivity contribution is 5.98. The molecule has 3 N–H and O–H groups in total. The summed E-state index contributed by atoms with van der Waals surface area (Å²) in [6.45, 7) is 10.0. The number of benzene rings is 1. The molecule has 0 aliphatic rings. The average molecular weight is 291 g/mol. The van der Waals surface area contributed by atoms with Gasteiger partial charge in [-0.1, -0.05) is 20.8 Å². The molecule has 0 aromatic heterocycles. The predicted octanol–water partition coefficient (Wildman–Crippen LogP) is 2.61. The summed E-state index contributed by atoms with van der Waals surface area (Å²) in [5.41, 5.74) is 0.797. The number of carbonyl (C=O) groups is 2. The van der Waals surface area contributed by atoms with E-state index in [1.807, 2.05) is 34.6 Å². The number of likely N-dealkylation sites (N-methyl/N-ethyl adjacent to an activating group) is 1. The van der Waals surface area contributed by atoms with Gasteiger partial charge in [0.2, 0.25) is 11.8 Å². The lowest BCUT2D eigenvalue weighted by atomic mass is 10.0. The van der Waals surface area contributed by atoms with Crippen molar-refractivity contribution in [2.24, 2.45) is 5.92 Å². The van der Waals surface area contributed by atoms with Gasteiger partial charge in [0.25, 0.3) is 0 Å². The van der Waals surface area contributed by atoms with Gasteiger partial charge in [0.15, 0.2) is 0 Å². The molecule has 5 nitrogen and oxygen atoms in total. The van der Waals surface area contributed by atoms with E-state index in [-0.39, 0.29) is 17.7 Å². The highest BCUT2D eigenvalue weighted by Gasteiger charge is 2.26. The average Bonchev–Trinajstić information content (AvgIpc) is 2.40. The zero-order valence-corrected chi connectivity index (χ0v) is 13.4. The van der Waals surface area contributed by atoms with Crippen LogP contribution in [0.1, 0.15) is 34.6 Å². The summed E-state index contributed by atoms with van der Waals surface area (Å²) in [6.07, 6.45) is 0. The molecule has 1 rings (SSSR count). The van der Waals surface area contributed by atoms with Crippen molar-refractivity contribution in [3.8, 4) is 0 Å². The van der Waals surface area contributed by atoms with Gasteiger partial charge < -0.3 is 16.0 Å². The molecule has 1 aromatic carbocycles. The molecule has 5 heteroatoms. The number of amides is 2.